The molecular weight excluding hydrogens is 378 g/mol. The van der Waals surface area contributed by atoms with Crippen LogP contribution in [0.15, 0.2) is 36.5 Å². The molecule has 0 aliphatic carbocycles. The van der Waals surface area contributed by atoms with Gasteiger partial charge in [-0.2, -0.15) is 0 Å². The van der Waals surface area contributed by atoms with Crippen LogP contribution in [0.1, 0.15) is 20.3 Å². The lowest BCUT2D eigenvalue weighted by atomic mass is 10.0. The fourth-order valence-electron chi connectivity index (χ4n) is 3.60. The zero-order valence-corrected chi connectivity index (χ0v) is 17.1. The van der Waals surface area contributed by atoms with E-state index in [0.29, 0.717) is 29.5 Å². The minimum atomic E-state index is -0.597. The van der Waals surface area contributed by atoms with Gasteiger partial charge in [-0.1, -0.05) is 43.6 Å². The van der Waals surface area contributed by atoms with Gasteiger partial charge in [0.25, 0.3) is 0 Å². The van der Waals surface area contributed by atoms with Crippen LogP contribution in [0.2, 0.25) is 5.02 Å². The SMILES string of the molecule is CC(C)C(=O)N(C)c1cnc(N2CCC(O)C2CO)cc1-c1ccccc1Cl. The third kappa shape index (κ3) is 3.85. The Kier molecular flexibility index (Phi) is 6.23. The van der Waals surface area contributed by atoms with E-state index in [9.17, 15) is 15.0 Å². The second-order valence-electron chi connectivity index (χ2n) is 7.39. The zero-order valence-electron chi connectivity index (χ0n) is 16.3. The number of benzene rings is 1. The highest BCUT2D eigenvalue weighted by Gasteiger charge is 2.33. The maximum Gasteiger partial charge on any atom is 0.229 e. The van der Waals surface area contributed by atoms with E-state index in [2.05, 4.69) is 4.98 Å². The Morgan fingerprint density at radius 2 is 2.07 bits per heavy atom. The molecule has 6 nitrogen and oxygen atoms in total. The van der Waals surface area contributed by atoms with Crippen LogP contribution in [0.5, 0.6) is 0 Å². The molecule has 2 atom stereocenters. The van der Waals surface area contributed by atoms with Crippen LogP contribution in [0.25, 0.3) is 11.1 Å². The second kappa shape index (κ2) is 8.47. The number of hydrogen-bond donors (Lipinski definition) is 2. The largest absolute Gasteiger partial charge is 0.394 e. The van der Waals surface area contributed by atoms with Gasteiger partial charge in [0.2, 0.25) is 5.91 Å². The molecule has 2 unspecified atom stereocenters. The molecule has 28 heavy (non-hydrogen) atoms. The van der Waals surface area contributed by atoms with E-state index < -0.39 is 12.1 Å². The lowest BCUT2D eigenvalue weighted by Crippen LogP contribution is -2.38. The number of halogens is 1. The summed E-state index contributed by atoms with van der Waals surface area (Å²) in [4.78, 5) is 20.6. The van der Waals surface area contributed by atoms with Gasteiger partial charge in [0.05, 0.1) is 30.6 Å². The van der Waals surface area contributed by atoms with Crippen molar-refractivity contribution in [2.24, 2.45) is 5.92 Å². The van der Waals surface area contributed by atoms with Crippen LogP contribution in [0.4, 0.5) is 11.5 Å². The molecule has 0 saturated carbocycles. The zero-order chi connectivity index (χ0) is 20.4. The molecule has 0 bridgehead atoms. The number of aliphatic hydroxyl groups is 2. The van der Waals surface area contributed by atoms with Gasteiger partial charge in [-0.05, 0) is 18.6 Å². The standard InChI is InChI=1S/C21H26ClN3O3/c1-13(2)21(28)24(3)17-11-23-20(25-9-8-19(27)18(25)12-26)10-15(17)14-6-4-5-7-16(14)22/h4-7,10-11,13,18-19,26-27H,8-9,12H2,1-3H3. The summed E-state index contributed by atoms with van der Waals surface area (Å²) < 4.78 is 0. The molecule has 0 spiro atoms. The molecule has 0 radical (unpaired) electrons. The number of aliphatic hydroxyl groups excluding tert-OH is 2. The lowest BCUT2D eigenvalue weighted by molar-refractivity contribution is -0.121. The molecule has 7 heteroatoms. The third-order valence-electron chi connectivity index (χ3n) is 5.21. The molecule has 1 amide bonds. The van der Waals surface area contributed by atoms with Gasteiger partial charge in [-0.15, -0.1) is 0 Å². The third-order valence-corrected chi connectivity index (χ3v) is 5.54. The van der Waals surface area contributed by atoms with Gasteiger partial charge in [0.15, 0.2) is 0 Å². The molecule has 3 rings (SSSR count). The van der Waals surface area contributed by atoms with Crippen molar-refractivity contribution < 1.29 is 15.0 Å². The van der Waals surface area contributed by atoms with Gasteiger partial charge >= 0.3 is 0 Å². The van der Waals surface area contributed by atoms with Crippen molar-refractivity contribution in [2.45, 2.75) is 32.4 Å². The van der Waals surface area contributed by atoms with Crippen molar-refractivity contribution in [3.63, 3.8) is 0 Å². The van der Waals surface area contributed by atoms with Crippen molar-refractivity contribution in [1.29, 1.82) is 0 Å². The maximum absolute atomic E-state index is 12.6. The summed E-state index contributed by atoms with van der Waals surface area (Å²) in [5.74, 6) is 0.462. The first kappa shape index (κ1) is 20.6. The number of amides is 1. The van der Waals surface area contributed by atoms with Crippen LogP contribution in [0, 0.1) is 5.92 Å². The van der Waals surface area contributed by atoms with Crippen molar-refractivity contribution in [3.8, 4) is 11.1 Å². The number of anilines is 2. The summed E-state index contributed by atoms with van der Waals surface area (Å²) in [5.41, 5.74) is 2.24. The first-order valence-electron chi connectivity index (χ1n) is 9.43. The Hall–Kier alpha value is -2.15. The van der Waals surface area contributed by atoms with Crippen LogP contribution >= 0.6 is 11.6 Å². The number of hydrogen-bond acceptors (Lipinski definition) is 5. The first-order chi connectivity index (χ1) is 13.3. The minimum absolute atomic E-state index is 0.0207. The molecule has 1 aromatic carbocycles. The van der Waals surface area contributed by atoms with E-state index in [0.717, 1.165) is 11.1 Å². The number of pyridine rings is 1. The minimum Gasteiger partial charge on any atom is -0.394 e. The molecule has 1 fully saturated rings. The molecule has 2 heterocycles. The molecule has 1 aliphatic heterocycles. The summed E-state index contributed by atoms with van der Waals surface area (Å²) in [6.07, 6.45) is 1.63. The number of carbonyl (C=O) groups is 1. The molecule has 2 aromatic rings. The summed E-state index contributed by atoms with van der Waals surface area (Å²) in [7, 11) is 1.73. The maximum atomic E-state index is 12.6. The number of nitrogens with zero attached hydrogens (tertiary/aromatic N) is 3. The predicted octanol–water partition coefficient (Wildman–Crippen LogP) is 2.95. The van der Waals surface area contributed by atoms with E-state index in [4.69, 9.17) is 11.6 Å². The fraction of sp³-hybridized carbons (Fsp3) is 0.429. The Morgan fingerprint density at radius 1 is 1.36 bits per heavy atom. The predicted molar refractivity (Wildman–Crippen MR) is 112 cm³/mol. The topological polar surface area (TPSA) is 76.9 Å². The number of rotatable bonds is 5. The molecular formula is C21H26ClN3O3. The van der Waals surface area contributed by atoms with E-state index in [-0.39, 0.29) is 18.4 Å². The highest BCUT2D eigenvalue weighted by molar-refractivity contribution is 6.33. The normalized spacial score (nSPS) is 19.3. The number of carbonyl (C=O) groups excluding carboxylic acids is 1. The van der Waals surface area contributed by atoms with Crippen molar-refractivity contribution in [3.05, 3.63) is 41.6 Å². The smallest absolute Gasteiger partial charge is 0.229 e. The van der Waals surface area contributed by atoms with Crippen LogP contribution in [-0.2, 0) is 4.79 Å². The van der Waals surface area contributed by atoms with Gasteiger partial charge in [0.1, 0.15) is 5.82 Å². The highest BCUT2D eigenvalue weighted by atomic mass is 35.5. The Morgan fingerprint density at radius 3 is 2.71 bits per heavy atom. The van der Waals surface area contributed by atoms with Gasteiger partial charge in [-0.25, -0.2) is 4.98 Å². The average molecular weight is 404 g/mol. The van der Waals surface area contributed by atoms with E-state index in [1.54, 1.807) is 24.2 Å². The van der Waals surface area contributed by atoms with Crippen LogP contribution in [-0.4, -0.2) is 53.4 Å². The van der Waals surface area contributed by atoms with Crippen molar-refractivity contribution in [2.75, 3.05) is 30.0 Å². The van der Waals surface area contributed by atoms with E-state index in [1.165, 1.54) is 0 Å². The van der Waals surface area contributed by atoms with E-state index in [1.807, 2.05) is 43.0 Å². The molecule has 1 saturated heterocycles. The lowest BCUT2D eigenvalue weighted by Gasteiger charge is -2.28. The van der Waals surface area contributed by atoms with Crippen LogP contribution in [0.3, 0.4) is 0 Å². The molecule has 1 aromatic heterocycles. The van der Waals surface area contributed by atoms with E-state index >= 15 is 0 Å². The molecule has 1 aliphatic rings. The molecule has 150 valence electrons. The quantitative estimate of drug-likeness (QED) is 0.802. The Bertz CT molecular complexity index is 859. The number of aromatic nitrogens is 1. The summed E-state index contributed by atoms with van der Waals surface area (Å²) in [6, 6.07) is 8.94. The highest BCUT2D eigenvalue weighted by Crippen LogP contribution is 2.38. The molecule has 2 N–H and O–H groups in total. The Balaban J connectivity index is 2.12. The first-order valence-corrected chi connectivity index (χ1v) is 9.81. The van der Waals surface area contributed by atoms with Gasteiger partial charge < -0.3 is 20.0 Å². The Labute approximate surface area is 170 Å². The summed E-state index contributed by atoms with van der Waals surface area (Å²) in [5, 5.41) is 20.4. The summed E-state index contributed by atoms with van der Waals surface area (Å²) >= 11 is 6.45. The second-order valence-corrected chi connectivity index (χ2v) is 7.80. The summed E-state index contributed by atoms with van der Waals surface area (Å²) in [6.45, 7) is 4.15. The monoisotopic (exact) mass is 403 g/mol. The average Bonchev–Trinajstić information content (AvgIpc) is 3.07. The van der Waals surface area contributed by atoms with Crippen molar-refractivity contribution >= 4 is 29.0 Å². The van der Waals surface area contributed by atoms with Crippen molar-refractivity contribution in [1.82, 2.24) is 4.98 Å². The van der Waals surface area contributed by atoms with Gasteiger partial charge in [-0.3, -0.25) is 4.79 Å². The van der Waals surface area contributed by atoms with Gasteiger partial charge in [0, 0.05) is 35.7 Å². The van der Waals surface area contributed by atoms with Crippen LogP contribution < -0.4 is 9.80 Å². The fourth-order valence-corrected chi connectivity index (χ4v) is 3.84.